The largest absolute Gasteiger partial charge is 0.476 e. The average molecular weight is 261 g/mol. The maximum absolute atomic E-state index is 12.3. The van der Waals surface area contributed by atoms with E-state index < -0.39 is 17.8 Å². The molecule has 0 saturated heterocycles. The molecule has 0 aliphatic rings. The standard InChI is InChI=1S/C9H6F3N3O3/c10-9(11,12)7-1-2-15(13-7)4-5-3-6(8(16)17)14-18-5/h1-3H,4H2,(H,16,17). The van der Waals surface area contributed by atoms with Crippen LogP contribution in [0.15, 0.2) is 22.9 Å². The van der Waals surface area contributed by atoms with Crippen molar-refractivity contribution in [2.75, 3.05) is 0 Å². The number of alkyl halides is 3. The van der Waals surface area contributed by atoms with Crippen LogP contribution in [0.4, 0.5) is 13.2 Å². The van der Waals surface area contributed by atoms with Crippen molar-refractivity contribution < 1.29 is 27.6 Å². The summed E-state index contributed by atoms with van der Waals surface area (Å²) >= 11 is 0. The monoisotopic (exact) mass is 261 g/mol. The summed E-state index contributed by atoms with van der Waals surface area (Å²) in [5.74, 6) is -1.18. The van der Waals surface area contributed by atoms with Crippen molar-refractivity contribution in [3.63, 3.8) is 0 Å². The molecule has 0 amide bonds. The van der Waals surface area contributed by atoms with Gasteiger partial charge >= 0.3 is 12.1 Å². The minimum Gasteiger partial charge on any atom is -0.476 e. The maximum atomic E-state index is 12.3. The lowest BCUT2D eigenvalue weighted by Crippen LogP contribution is -2.08. The Kier molecular flexibility index (Phi) is 2.81. The Morgan fingerprint density at radius 3 is 2.72 bits per heavy atom. The Labute approximate surface area is 97.6 Å². The molecular weight excluding hydrogens is 255 g/mol. The minimum absolute atomic E-state index is 0.101. The first-order valence-corrected chi connectivity index (χ1v) is 4.66. The number of carboxylic acid groups (broad SMARTS) is 1. The molecule has 2 aromatic rings. The van der Waals surface area contributed by atoms with Gasteiger partial charge in [-0.25, -0.2) is 4.79 Å². The zero-order chi connectivity index (χ0) is 13.3. The van der Waals surface area contributed by atoms with Gasteiger partial charge in [0.2, 0.25) is 0 Å². The summed E-state index contributed by atoms with van der Waals surface area (Å²) in [5, 5.41) is 15.1. The van der Waals surface area contributed by atoms with Crippen LogP contribution in [0, 0.1) is 0 Å². The molecule has 2 aromatic heterocycles. The first-order chi connectivity index (χ1) is 8.36. The van der Waals surface area contributed by atoms with E-state index >= 15 is 0 Å². The maximum Gasteiger partial charge on any atom is 0.435 e. The van der Waals surface area contributed by atoms with E-state index in [1.165, 1.54) is 0 Å². The number of nitrogens with zero attached hydrogens (tertiary/aromatic N) is 3. The van der Waals surface area contributed by atoms with Gasteiger partial charge in [0, 0.05) is 12.3 Å². The topological polar surface area (TPSA) is 81.1 Å². The predicted molar refractivity (Wildman–Crippen MR) is 49.8 cm³/mol. The molecule has 9 heteroatoms. The quantitative estimate of drug-likeness (QED) is 0.908. The van der Waals surface area contributed by atoms with Gasteiger partial charge in [0.15, 0.2) is 17.1 Å². The van der Waals surface area contributed by atoms with Gasteiger partial charge in [0.1, 0.15) is 6.54 Å². The summed E-state index contributed by atoms with van der Waals surface area (Å²) in [6, 6.07) is 1.94. The summed E-state index contributed by atoms with van der Waals surface area (Å²) < 4.78 is 42.4. The zero-order valence-electron chi connectivity index (χ0n) is 8.68. The molecule has 1 N–H and O–H groups in total. The Bertz CT molecular complexity index is 573. The lowest BCUT2D eigenvalue weighted by Gasteiger charge is -2.00. The van der Waals surface area contributed by atoms with E-state index in [9.17, 15) is 18.0 Å². The lowest BCUT2D eigenvalue weighted by atomic mass is 10.3. The fourth-order valence-corrected chi connectivity index (χ4v) is 1.25. The molecule has 0 fully saturated rings. The van der Waals surface area contributed by atoms with Crippen LogP contribution >= 0.6 is 0 Å². The summed E-state index contributed by atoms with van der Waals surface area (Å²) in [7, 11) is 0. The average Bonchev–Trinajstić information content (AvgIpc) is 2.85. The lowest BCUT2D eigenvalue weighted by molar-refractivity contribution is -0.141. The highest BCUT2D eigenvalue weighted by Crippen LogP contribution is 2.27. The van der Waals surface area contributed by atoms with Gasteiger partial charge in [-0.3, -0.25) is 4.68 Å². The first kappa shape index (κ1) is 12.1. The molecule has 96 valence electrons. The number of aromatic carboxylic acids is 1. The Morgan fingerprint density at radius 2 is 2.22 bits per heavy atom. The molecule has 0 saturated carbocycles. The zero-order valence-corrected chi connectivity index (χ0v) is 8.68. The van der Waals surface area contributed by atoms with Crippen LogP contribution in [0.3, 0.4) is 0 Å². The molecule has 0 spiro atoms. The number of halogens is 3. The van der Waals surface area contributed by atoms with Crippen molar-refractivity contribution in [2.24, 2.45) is 0 Å². The fraction of sp³-hybridized carbons (Fsp3) is 0.222. The Balaban J connectivity index is 2.14. The van der Waals surface area contributed by atoms with Crippen molar-refractivity contribution >= 4 is 5.97 Å². The van der Waals surface area contributed by atoms with E-state index in [1.54, 1.807) is 0 Å². The van der Waals surface area contributed by atoms with Crippen LogP contribution in [0.25, 0.3) is 0 Å². The van der Waals surface area contributed by atoms with Crippen LogP contribution < -0.4 is 0 Å². The van der Waals surface area contributed by atoms with Crippen molar-refractivity contribution in [3.8, 4) is 0 Å². The Hall–Kier alpha value is -2.32. The highest BCUT2D eigenvalue weighted by molar-refractivity contribution is 5.85. The molecule has 0 aliphatic carbocycles. The molecule has 0 radical (unpaired) electrons. The number of hydrogen-bond acceptors (Lipinski definition) is 4. The van der Waals surface area contributed by atoms with Gasteiger partial charge in [-0.1, -0.05) is 5.16 Å². The third-order valence-electron chi connectivity index (χ3n) is 2.03. The minimum atomic E-state index is -4.51. The molecule has 0 unspecified atom stereocenters. The highest BCUT2D eigenvalue weighted by atomic mass is 19.4. The van der Waals surface area contributed by atoms with E-state index in [-0.39, 0.29) is 18.0 Å². The number of carboxylic acids is 1. The second-order valence-electron chi connectivity index (χ2n) is 3.38. The molecule has 0 aromatic carbocycles. The summed E-state index contributed by atoms with van der Waals surface area (Å²) in [6.45, 7) is -0.129. The molecule has 0 aliphatic heterocycles. The molecule has 2 heterocycles. The van der Waals surface area contributed by atoms with Gasteiger partial charge in [0.05, 0.1) is 0 Å². The molecular formula is C9H6F3N3O3. The molecule has 0 bridgehead atoms. The molecule has 2 rings (SSSR count). The smallest absolute Gasteiger partial charge is 0.435 e. The van der Waals surface area contributed by atoms with Crippen LogP contribution in [-0.4, -0.2) is 26.0 Å². The third kappa shape index (κ3) is 2.50. The second kappa shape index (κ2) is 4.17. The number of rotatable bonds is 3. The van der Waals surface area contributed by atoms with E-state index in [0.29, 0.717) is 0 Å². The second-order valence-corrected chi connectivity index (χ2v) is 3.38. The molecule has 0 atom stereocenters. The fourth-order valence-electron chi connectivity index (χ4n) is 1.25. The Morgan fingerprint density at radius 1 is 1.50 bits per heavy atom. The van der Waals surface area contributed by atoms with Gasteiger partial charge in [-0.05, 0) is 6.07 Å². The third-order valence-corrected chi connectivity index (χ3v) is 2.03. The molecule has 6 nitrogen and oxygen atoms in total. The van der Waals surface area contributed by atoms with Crippen LogP contribution in [0.1, 0.15) is 21.9 Å². The van der Waals surface area contributed by atoms with Crippen LogP contribution in [0.5, 0.6) is 0 Å². The van der Waals surface area contributed by atoms with Crippen molar-refractivity contribution in [3.05, 3.63) is 35.5 Å². The predicted octanol–water partition coefficient (Wildman–Crippen LogP) is 1.64. The highest BCUT2D eigenvalue weighted by Gasteiger charge is 2.33. The normalized spacial score (nSPS) is 11.7. The van der Waals surface area contributed by atoms with Crippen molar-refractivity contribution in [2.45, 2.75) is 12.7 Å². The van der Waals surface area contributed by atoms with Crippen LogP contribution in [-0.2, 0) is 12.7 Å². The summed E-state index contributed by atoms with van der Waals surface area (Å²) in [5.41, 5.74) is -1.34. The number of carbonyl (C=O) groups is 1. The van der Waals surface area contributed by atoms with E-state index in [2.05, 4.69) is 14.8 Å². The van der Waals surface area contributed by atoms with Gasteiger partial charge in [-0.15, -0.1) is 0 Å². The van der Waals surface area contributed by atoms with E-state index in [0.717, 1.165) is 23.0 Å². The number of hydrogen-bond donors (Lipinski definition) is 1. The van der Waals surface area contributed by atoms with Crippen molar-refractivity contribution in [1.82, 2.24) is 14.9 Å². The van der Waals surface area contributed by atoms with Gasteiger partial charge < -0.3 is 9.63 Å². The van der Waals surface area contributed by atoms with Crippen LogP contribution in [0.2, 0.25) is 0 Å². The van der Waals surface area contributed by atoms with Gasteiger partial charge in [-0.2, -0.15) is 18.3 Å². The van der Waals surface area contributed by atoms with E-state index in [4.69, 9.17) is 5.11 Å². The van der Waals surface area contributed by atoms with Crippen molar-refractivity contribution in [1.29, 1.82) is 0 Å². The van der Waals surface area contributed by atoms with Gasteiger partial charge in [0.25, 0.3) is 0 Å². The SMILES string of the molecule is O=C(O)c1cc(Cn2ccc(C(F)(F)F)n2)on1. The number of aromatic nitrogens is 3. The summed E-state index contributed by atoms with van der Waals surface area (Å²) in [6.07, 6.45) is -3.40. The molecule has 18 heavy (non-hydrogen) atoms. The summed E-state index contributed by atoms with van der Waals surface area (Å²) in [4.78, 5) is 10.5. The first-order valence-electron chi connectivity index (χ1n) is 4.66. The van der Waals surface area contributed by atoms with E-state index in [1.807, 2.05) is 0 Å².